The Morgan fingerprint density at radius 1 is 1.39 bits per heavy atom. The molecule has 0 fully saturated rings. The number of nitrogens with two attached hydrogens (primary N) is 1. The largest absolute Gasteiger partial charge is 0.383 e. The van der Waals surface area contributed by atoms with Crippen LogP contribution >= 0.6 is 0 Å². The maximum atomic E-state index is 11.4. The van der Waals surface area contributed by atoms with Crippen LogP contribution in [0.15, 0.2) is 6.33 Å². The molecular weight excluding hydrogens is 252 g/mol. The smallest absolute Gasteiger partial charge is 0.151 e. The van der Waals surface area contributed by atoms with Crippen LogP contribution in [0.3, 0.4) is 0 Å². The third-order valence-corrected chi connectivity index (χ3v) is 4.34. The fraction of sp³-hybridized carbons (Fsp3) is 0.636. The Morgan fingerprint density at radius 3 is 2.61 bits per heavy atom. The minimum Gasteiger partial charge on any atom is -0.383 e. The fourth-order valence-electron chi connectivity index (χ4n) is 1.59. The average Bonchev–Trinajstić information content (AvgIpc) is 2.28. The molecule has 0 aliphatic heterocycles. The summed E-state index contributed by atoms with van der Waals surface area (Å²) in [5.74, 6) is 1.46. The summed E-state index contributed by atoms with van der Waals surface area (Å²) in [6, 6.07) is 0. The molecule has 1 heterocycles. The SMILES string of the molecule is CCS(=O)(=O)CCNc1ncnc(N)c1C(C)C. The van der Waals surface area contributed by atoms with Crippen molar-refractivity contribution < 1.29 is 8.42 Å². The van der Waals surface area contributed by atoms with E-state index in [9.17, 15) is 8.42 Å². The second-order valence-electron chi connectivity index (χ2n) is 4.34. The summed E-state index contributed by atoms with van der Waals surface area (Å²) >= 11 is 0. The molecule has 18 heavy (non-hydrogen) atoms. The molecule has 0 aromatic carbocycles. The highest BCUT2D eigenvalue weighted by Gasteiger charge is 2.13. The van der Waals surface area contributed by atoms with Gasteiger partial charge in [0.05, 0.1) is 5.75 Å². The van der Waals surface area contributed by atoms with Crippen molar-refractivity contribution >= 4 is 21.5 Å². The molecule has 0 aliphatic rings. The molecule has 1 aromatic heterocycles. The first-order valence-electron chi connectivity index (χ1n) is 5.92. The molecule has 7 heteroatoms. The third kappa shape index (κ3) is 3.83. The van der Waals surface area contributed by atoms with Crippen LogP contribution in [0.25, 0.3) is 0 Å². The molecule has 0 saturated carbocycles. The van der Waals surface area contributed by atoms with Crippen LogP contribution in [0.2, 0.25) is 0 Å². The van der Waals surface area contributed by atoms with Gasteiger partial charge in [0.25, 0.3) is 0 Å². The summed E-state index contributed by atoms with van der Waals surface area (Å²) in [6.07, 6.45) is 1.37. The molecule has 0 atom stereocenters. The summed E-state index contributed by atoms with van der Waals surface area (Å²) in [5.41, 5.74) is 6.62. The van der Waals surface area contributed by atoms with Crippen molar-refractivity contribution in [3.8, 4) is 0 Å². The van der Waals surface area contributed by atoms with Crippen LogP contribution in [0.4, 0.5) is 11.6 Å². The van der Waals surface area contributed by atoms with Gasteiger partial charge >= 0.3 is 0 Å². The van der Waals surface area contributed by atoms with Crippen LogP contribution in [0.1, 0.15) is 32.3 Å². The Bertz CT molecular complexity index is 500. The Hall–Kier alpha value is -1.37. The van der Waals surface area contributed by atoms with Gasteiger partial charge in [-0.1, -0.05) is 20.8 Å². The molecule has 1 rings (SSSR count). The number of rotatable bonds is 6. The van der Waals surface area contributed by atoms with Crippen LogP contribution in [0, 0.1) is 0 Å². The maximum Gasteiger partial charge on any atom is 0.151 e. The zero-order valence-corrected chi connectivity index (χ0v) is 11.8. The molecule has 3 N–H and O–H groups in total. The van der Waals surface area contributed by atoms with Gasteiger partial charge in [0, 0.05) is 17.9 Å². The van der Waals surface area contributed by atoms with Gasteiger partial charge < -0.3 is 11.1 Å². The number of nitrogen functional groups attached to an aromatic ring is 1. The van der Waals surface area contributed by atoms with E-state index in [0.717, 1.165) is 5.56 Å². The number of hydrogen-bond donors (Lipinski definition) is 2. The van der Waals surface area contributed by atoms with Gasteiger partial charge in [-0.05, 0) is 5.92 Å². The van der Waals surface area contributed by atoms with Gasteiger partial charge in [0.2, 0.25) is 0 Å². The summed E-state index contributed by atoms with van der Waals surface area (Å²) in [6.45, 7) is 5.94. The van der Waals surface area contributed by atoms with Gasteiger partial charge in [0.15, 0.2) is 9.84 Å². The molecule has 102 valence electrons. The summed E-state index contributed by atoms with van der Waals surface area (Å²) in [4.78, 5) is 8.05. The standard InChI is InChI=1S/C11H20N4O2S/c1-4-18(16,17)6-5-13-11-9(8(2)3)10(12)14-7-15-11/h7-8H,4-6H2,1-3H3,(H3,12,13,14,15). The van der Waals surface area contributed by atoms with E-state index < -0.39 is 9.84 Å². The lowest BCUT2D eigenvalue weighted by molar-refractivity contribution is 0.597. The Labute approximate surface area is 108 Å². The highest BCUT2D eigenvalue weighted by atomic mass is 32.2. The number of anilines is 2. The van der Waals surface area contributed by atoms with Gasteiger partial charge in [0.1, 0.15) is 18.0 Å². The van der Waals surface area contributed by atoms with Crippen molar-refractivity contribution in [1.29, 1.82) is 0 Å². The summed E-state index contributed by atoms with van der Waals surface area (Å²) in [5, 5.41) is 3.02. The number of hydrogen-bond acceptors (Lipinski definition) is 6. The van der Waals surface area contributed by atoms with E-state index in [1.165, 1.54) is 6.33 Å². The maximum absolute atomic E-state index is 11.4. The lowest BCUT2D eigenvalue weighted by Gasteiger charge is -2.14. The normalized spacial score (nSPS) is 11.8. The topological polar surface area (TPSA) is 98.0 Å². The molecule has 1 aromatic rings. The Morgan fingerprint density at radius 2 is 2.06 bits per heavy atom. The predicted molar refractivity (Wildman–Crippen MR) is 73.4 cm³/mol. The highest BCUT2D eigenvalue weighted by molar-refractivity contribution is 7.91. The van der Waals surface area contributed by atoms with E-state index in [4.69, 9.17) is 5.73 Å². The van der Waals surface area contributed by atoms with Crippen molar-refractivity contribution in [2.24, 2.45) is 0 Å². The molecule has 0 aliphatic carbocycles. The van der Waals surface area contributed by atoms with E-state index in [1.54, 1.807) is 6.92 Å². The zero-order chi connectivity index (χ0) is 13.8. The molecule has 0 unspecified atom stereocenters. The first-order valence-corrected chi connectivity index (χ1v) is 7.74. The van der Waals surface area contributed by atoms with Crippen LogP contribution in [0.5, 0.6) is 0 Å². The van der Waals surface area contributed by atoms with E-state index in [-0.39, 0.29) is 17.4 Å². The van der Waals surface area contributed by atoms with Crippen molar-refractivity contribution in [2.75, 3.05) is 29.1 Å². The molecular formula is C11H20N4O2S. The van der Waals surface area contributed by atoms with Crippen LogP contribution in [-0.2, 0) is 9.84 Å². The van der Waals surface area contributed by atoms with E-state index in [0.29, 0.717) is 18.2 Å². The van der Waals surface area contributed by atoms with E-state index in [1.807, 2.05) is 13.8 Å². The quantitative estimate of drug-likeness (QED) is 0.802. The zero-order valence-electron chi connectivity index (χ0n) is 11.0. The highest BCUT2D eigenvalue weighted by Crippen LogP contribution is 2.25. The number of nitrogens with one attached hydrogen (secondary N) is 1. The molecule has 0 amide bonds. The third-order valence-electron chi connectivity index (χ3n) is 2.64. The minimum absolute atomic E-state index is 0.0882. The number of nitrogens with zero attached hydrogens (tertiary/aromatic N) is 2. The first kappa shape index (κ1) is 14.7. The lowest BCUT2D eigenvalue weighted by atomic mass is 10.1. The lowest BCUT2D eigenvalue weighted by Crippen LogP contribution is -2.19. The van der Waals surface area contributed by atoms with Crippen molar-refractivity contribution in [2.45, 2.75) is 26.7 Å². The molecule has 0 radical (unpaired) electrons. The number of sulfone groups is 1. The first-order chi connectivity index (χ1) is 8.37. The fourth-order valence-corrected chi connectivity index (χ4v) is 2.29. The second-order valence-corrected chi connectivity index (χ2v) is 6.81. The minimum atomic E-state index is -2.97. The van der Waals surface area contributed by atoms with Gasteiger partial charge in [-0.3, -0.25) is 0 Å². The second kappa shape index (κ2) is 5.99. The van der Waals surface area contributed by atoms with E-state index in [2.05, 4.69) is 15.3 Å². The van der Waals surface area contributed by atoms with Gasteiger partial charge in [-0.15, -0.1) is 0 Å². The van der Waals surface area contributed by atoms with Crippen molar-refractivity contribution in [3.05, 3.63) is 11.9 Å². The molecule has 0 spiro atoms. The predicted octanol–water partition coefficient (Wildman–Crippen LogP) is 1.03. The van der Waals surface area contributed by atoms with Crippen molar-refractivity contribution in [3.63, 3.8) is 0 Å². The molecule has 6 nitrogen and oxygen atoms in total. The van der Waals surface area contributed by atoms with E-state index >= 15 is 0 Å². The summed E-state index contributed by atoms with van der Waals surface area (Å²) in [7, 11) is -2.97. The average molecular weight is 272 g/mol. The Balaban J connectivity index is 2.77. The van der Waals surface area contributed by atoms with Crippen LogP contribution in [-0.4, -0.2) is 36.4 Å². The molecule has 0 bridgehead atoms. The number of aromatic nitrogens is 2. The Kier molecular flexibility index (Phi) is 4.89. The van der Waals surface area contributed by atoms with Crippen LogP contribution < -0.4 is 11.1 Å². The van der Waals surface area contributed by atoms with Gasteiger partial charge in [-0.25, -0.2) is 18.4 Å². The monoisotopic (exact) mass is 272 g/mol. The van der Waals surface area contributed by atoms with Crippen molar-refractivity contribution in [1.82, 2.24) is 9.97 Å². The summed E-state index contributed by atoms with van der Waals surface area (Å²) < 4.78 is 22.8. The van der Waals surface area contributed by atoms with Gasteiger partial charge in [-0.2, -0.15) is 0 Å². The molecule has 0 saturated heterocycles.